The molecule has 0 atom stereocenters. The lowest BCUT2D eigenvalue weighted by atomic mass is 10.2. The number of halogens is 1. The number of nitrogens with two attached hydrogens (primary N) is 2. The zero-order valence-corrected chi connectivity index (χ0v) is 14.0. The highest BCUT2D eigenvalue weighted by molar-refractivity contribution is 7.90. The van der Waals surface area contributed by atoms with Gasteiger partial charge in [-0.25, -0.2) is 8.42 Å². The number of rotatable bonds is 3. The molecule has 0 aliphatic heterocycles. The van der Waals surface area contributed by atoms with Crippen molar-refractivity contribution < 1.29 is 13.2 Å². The van der Waals surface area contributed by atoms with Gasteiger partial charge in [-0.3, -0.25) is 9.59 Å². The van der Waals surface area contributed by atoms with Crippen molar-refractivity contribution in [2.24, 2.45) is 16.5 Å². The first-order valence-electron chi connectivity index (χ1n) is 6.46. The third kappa shape index (κ3) is 3.81. The molecule has 0 fully saturated rings. The number of carbonyl (C=O) groups excluding carboxylic acids is 1. The van der Waals surface area contributed by atoms with Crippen LogP contribution in [0.2, 0.25) is 5.02 Å². The lowest BCUT2D eigenvalue weighted by Crippen LogP contribution is -2.24. The predicted molar refractivity (Wildman–Crippen MR) is 90.3 cm³/mol. The van der Waals surface area contributed by atoms with Crippen LogP contribution in [0.5, 0.6) is 0 Å². The number of benzene rings is 1. The average molecular weight is 369 g/mol. The van der Waals surface area contributed by atoms with Crippen molar-refractivity contribution in [3.05, 3.63) is 57.5 Å². The maximum atomic E-state index is 12.1. The molecule has 10 heteroatoms. The smallest absolute Gasteiger partial charge is 0.281 e. The Morgan fingerprint density at radius 1 is 1.21 bits per heavy atom. The summed E-state index contributed by atoms with van der Waals surface area (Å²) in [7, 11) is -3.71. The van der Waals surface area contributed by atoms with Gasteiger partial charge in [0.15, 0.2) is 21.2 Å². The Labute approximate surface area is 142 Å². The molecule has 126 valence electrons. The summed E-state index contributed by atoms with van der Waals surface area (Å²) in [6.45, 7) is 0. The fourth-order valence-corrected chi connectivity index (χ4v) is 3.07. The van der Waals surface area contributed by atoms with E-state index in [0.717, 1.165) is 12.3 Å². The number of sulfone groups is 1. The standard InChI is InChI=1S/C14H13ClN4O4S/c1-24(22,23)12-6-9(13(21)18-14(16)17)10(15)7-11(12)19-4-2-8(20)3-5-19/h2-7H,1H3,(H4,16,17,18,21). The first-order chi connectivity index (χ1) is 11.1. The molecular formula is C14H13ClN4O4S. The van der Waals surface area contributed by atoms with Gasteiger partial charge < -0.3 is 16.0 Å². The number of guanidine groups is 1. The Kier molecular flexibility index (Phi) is 4.76. The molecule has 4 N–H and O–H groups in total. The van der Waals surface area contributed by atoms with Crippen LogP contribution < -0.4 is 16.9 Å². The van der Waals surface area contributed by atoms with Gasteiger partial charge in [-0.1, -0.05) is 11.6 Å². The Morgan fingerprint density at radius 2 is 1.79 bits per heavy atom. The molecule has 0 saturated heterocycles. The summed E-state index contributed by atoms with van der Waals surface area (Å²) in [5.41, 5.74) is 10.1. The van der Waals surface area contributed by atoms with Crippen molar-refractivity contribution in [1.29, 1.82) is 0 Å². The van der Waals surface area contributed by atoms with Gasteiger partial charge in [-0.2, -0.15) is 4.99 Å². The van der Waals surface area contributed by atoms with Gasteiger partial charge in [0.1, 0.15) is 0 Å². The third-order valence-electron chi connectivity index (χ3n) is 2.99. The van der Waals surface area contributed by atoms with Gasteiger partial charge >= 0.3 is 0 Å². The van der Waals surface area contributed by atoms with E-state index in [0.29, 0.717) is 0 Å². The highest BCUT2D eigenvalue weighted by Gasteiger charge is 2.21. The predicted octanol–water partition coefficient (Wildman–Crippen LogP) is 0.308. The van der Waals surface area contributed by atoms with E-state index in [9.17, 15) is 18.0 Å². The Bertz CT molecular complexity index is 987. The number of hydrogen-bond donors (Lipinski definition) is 2. The summed E-state index contributed by atoms with van der Waals surface area (Å²) < 4.78 is 25.6. The van der Waals surface area contributed by atoms with E-state index >= 15 is 0 Å². The number of nitrogens with zero attached hydrogens (tertiary/aromatic N) is 2. The van der Waals surface area contributed by atoms with E-state index in [1.165, 1.54) is 35.2 Å². The molecule has 1 amide bonds. The number of carbonyl (C=O) groups is 1. The summed E-state index contributed by atoms with van der Waals surface area (Å²) in [4.78, 5) is 26.4. The van der Waals surface area contributed by atoms with Gasteiger partial charge in [0.25, 0.3) is 5.91 Å². The van der Waals surface area contributed by atoms with Gasteiger partial charge in [0, 0.05) is 30.8 Å². The quantitative estimate of drug-likeness (QED) is 0.590. The first-order valence-corrected chi connectivity index (χ1v) is 8.73. The summed E-state index contributed by atoms with van der Waals surface area (Å²) in [6.07, 6.45) is 3.76. The van der Waals surface area contributed by atoms with Crippen LogP contribution in [-0.4, -0.2) is 31.1 Å². The van der Waals surface area contributed by atoms with Crippen LogP contribution in [0.15, 0.2) is 51.3 Å². The van der Waals surface area contributed by atoms with E-state index < -0.39 is 21.7 Å². The van der Waals surface area contributed by atoms with Crippen molar-refractivity contribution in [3.63, 3.8) is 0 Å². The maximum absolute atomic E-state index is 12.1. The molecule has 1 heterocycles. The number of aliphatic imine (C=N–C) groups is 1. The highest BCUT2D eigenvalue weighted by atomic mass is 35.5. The minimum atomic E-state index is -3.71. The second-order valence-corrected chi connectivity index (χ2v) is 7.25. The number of amides is 1. The molecule has 0 aliphatic rings. The molecule has 8 nitrogen and oxygen atoms in total. The van der Waals surface area contributed by atoms with E-state index in [1.54, 1.807) is 0 Å². The monoisotopic (exact) mass is 368 g/mol. The number of aromatic nitrogens is 1. The Hall–Kier alpha value is -2.65. The van der Waals surface area contributed by atoms with E-state index in [2.05, 4.69) is 4.99 Å². The molecule has 0 saturated carbocycles. The SMILES string of the molecule is CS(=O)(=O)c1cc(C(=O)N=C(N)N)c(Cl)cc1-n1ccc(=O)cc1. The van der Waals surface area contributed by atoms with Crippen molar-refractivity contribution in [2.45, 2.75) is 4.90 Å². The topological polar surface area (TPSA) is 138 Å². The number of hydrogen-bond acceptors (Lipinski definition) is 4. The molecule has 0 bridgehead atoms. The molecule has 0 spiro atoms. The van der Waals surface area contributed by atoms with Crippen LogP contribution in [0, 0.1) is 0 Å². The molecule has 1 aromatic heterocycles. The van der Waals surface area contributed by atoms with Crippen LogP contribution in [0.25, 0.3) is 5.69 Å². The van der Waals surface area contributed by atoms with Crippen molar-refractivity contribution in [2.75, 3.05) is 6.26 Å². The Morgan fingerprint density at radius 3 is 2.29 bits per heavy atom. The second-order valence-electron chi connectivity index (χ2n) is 4.85. The largest absolute Gasteiger partial charge is 0.370 e. The summed E-state index contributed by atoms with van der Waals surface area (Å²) in [5.74, 6) is -1.34. The van der Waals surface area contributed by atoms with E-state index in [1.807, 2.05) is 0 Å². The third-order valence-corrected chi connectivity index (χ3v) is 4.42. The molecule has 0 unspecified atom stereocenters. The van der Waals surface area contributed by atoms with E-state index in [-0.39, 0.29) is 26.6 Å². The van der Waals surface area contributed by atoms with Crippen molar-refractivity contribution in [3.8, 4) is 5.69 Å². The molecule has 0 radical (unpaired) electrons. The summed E-state index contributed by atoms with van der Waals surface area (Å²) >= 11 is 6.07. The minimum Gasteiger partial charge on any atom is -0.370 e. The molecule has 1 aromatic carbocycles. The average Bonchev–Trinajstić information content (AvgIpc) is 2.45. The Balaban J connectivity index is 2.76. The van der Waals surface area contributed by atoms with Gasteiger partial charge in [0.2, 0.25) is 0 Å². The van der Waals surface area contributed by atoms with Gasteiger partial charge in [-0.05, 0) is 12.1 Å². The molecule has 2 rings (SSSR count). The van der Waals surface area contributed by atoms with Crippen LogP contribution in [0.1, 0.15) is 10.4 Å². The molecular weight excluding hydrogens is 356 g/mol. The number of pyridine rings is 1. The van der Waals surface area contributed by atoms with Crippen LogP contribution in [0.3, 0.4) is 0 Å². The molecule has 2 aromatic rings. The van der Waals surface area contributed by atoms with E-state index in [4.69, 9.17) is 23.1 Å². The van der Waals surface area contributed by atoms with Gasteiger partial charge in [0.05, 0.1) is 21.2 Å². The fraction of sp³-hybridized carbons (Fsp3) is 0.0714. The first kappa shape index (κ1) is 17.7. The summed E-state index contributed by atoms with van der Waals surface area (Å²) in [5, 5.41) is -0.0360. The van der Waals surface area contributed by atoms with Gasteiger partial charge in [-0.15, -0.1) is 0 Å². The van der Waals surface area contributed by atoms with Crippen molar-refractivity contribution in [1.82, 2.24) is 4.57 Å². The van der Waals surface area contributed by atoms with Crippen LogP contribution in [-0.2, 0) is 9.84 Å². The molecule has 0 aliphatic carbocycles. The lowest BCUT2D eigenvalue weighted by Gasteiger charge is -2.13. The lowest BCUT2D eigenvalue weighted by molar-refractivity contribution is 0.100. The zero-order valence-electron chi connectivity index (χ0n) is 12.4. The van der Waals surface area contributed by atoms with Crippen molar-refractivity contribution >= 4 is 33.3 Å². The zero-order chi connectivity index (χ0) is 18.1. The summed E-state index contributed by atoms with van der Waals surface area (Å²) in [6, 6.07) is 4.91. The normalized spacial score (nSPS) is 11.1. The second kappa shape index (κ2) is 6.46. The minimum absolute atomic E-state index is 0.0360. The highest BCUT2D eigenvalue weighted by Crippen LogP contribution is 2.28. The maximum Gasteiger partial charge on any atom is 0.281 e. The fourth-order valence-electron chi connectivity index (χ4n) is 1.96. The molecule has 24 heavy (non-hydrogen) atoms. The van der Waals surface area contributed by atoms with Crippen LogP contribution in [0.4, 0.5) is 0 Å². The van der Waals surface area contributed by atoms with Crippen LogP contribution >= 0.6 is 11.6 Å².